The molecule has 0 bridgehead atoms. The number of anilines is 2. The molecule has 0 fully saturated rings. The molecular formula is C22H29N3O3. The van der Waals surface area contributed by atoms with E-state index < -0.39 is 0 Å². The molecule has 0 saturated heterocycles. The first-order valence-corrected chi connectivity index (χ1v) is 9.51. The van der Waals surface area contributed by atoms with Crippen LogP contribution in [0.25, 0.3) is 0 Å². The molecule has 150 valence electrons. The predicted molar refractivity (Wildman–Crippen MR) is 113 cm³/mol. The van der Waals surface area contributed by atoms with E-state index in [-0.39, 0.29) is 24.4 Å². The number of para-hydroxylation sites is 2. The maximum absolute atomic E-state index is 12.2. The fraction of sp³-hybridized carbons (Fsp3) is 0.364. The second-order valence-corrected chi connectivity index (χ2v) is 7.31. The summed E-state index contributed by atoms with van der Waals surface area (Å²) in [6.45, 7) is 8.71. The van der Waals surface area contributed by atoms with Gasteiger partial charge in [0.15, 0.2) is 0 Å². The first-order valence-electron chi connectivity index (χ1n) is 9.51. The minimum atomic E-state index is -0.182. The van der Waals surface area contributed by atoms with Gasteiger partial charge >= 0.3 is 0 Å². The molecule has 28 heavy (non-hydrogen) atoms. The zero-order valence-corrected chi connectivity index (χ0v) is 16.9. The Bertz CT molecular complexity index is 786. The quantitative estimate of drug-likeness (QED) is 0.613. The molecule has 0 heterocycles. The van der Waals surface area contributed by atoms with Crippen LogP contribution in [0.3, 0.4) is 0 Å². The van der Waals surface area contributed by atoms with Gasteiger partial charge in [0.25, 0.3) is 5.91 Å². The molecule has 3 N–H and O–H groups in total. The normalized spacial score (nSPS) is 10.6. The summed E-state index contributed by atoms with van der Waals surface area (Å²) in [5, 5.41) is 8.75. The van der Waals surface area contributed by atoms with Crippen LogP contribution in [0.2, 0.25) is 0 Å². The van der Waals surface area contributed by atoms with Crippen LogP contribution in [0, 0.1) is 5.92 Å². The zero-order valence-electron chi connectivity index (χ0n) is 16.9. The largest absolute Gasteiger partial charge is 0.491 e. The highest BCUT2D eigenvalue weighted by atomic mass is 16.5. The molecule has 6 heteroatoms. The molecule has 2 rings (SSSR count). The topological polar surface area (TPSA) is 79.5 Å². The molecule has 2 amide bonds. The second kappa shape index (κ2) is 10.3. The van der Waals surface area contributed by atoms with Crippen molar-refractivity contribution in [3.8, 4) is 5.75 Å². The van der Waals surface area contributed by atoms with Crippen LogP contribution in [0.1, 0.15) is 38.1 Å². The smallest absolute Gasteiger partial charge is 0.251 e. The van der Waals surface area contributed by atoms with Gasteiger partial charge in [-0.15, -0.1) is 0 Å². The Balaban J connectivity index is 1.88. The van der Waals surface area contributed by atoms with Crippen LogP contribution < -0.4 is 20.7 Å². The average Bonchev–Trinajstić information content (AvgIpc) is 2.65. The van der Waals surface area contributed by atoms with Crippen molar-refractivity contribution in [3.05, 3.63) is 54.1 Å². The van der Waals surface area contributed by atoms with Gasteiger partial charge in [-0.25, -0.2) is 0 Å². The maximum Gasteiger partial charge on any atom is 0.251 e. The monoisotopic (exact) mass is 383 g/mol. The van der Waals surface area contributed by atoms with Gasteiger partial charge in [-0.1, -0.05) is 26.0 Å². The van der Waals surface area contributed by atoms with E-state index >= 15 is 0 Å². The number of amides is 2. The molecule has 0 radical (unpaired) electrons. The van der Waals surface area contributed by atoms with Crippen molar-refractivity contribution >= 4 is 23.2 Å². The van der Waals surface area contributed by atoms with Crippen LogP contribution >= 0.6 is 0 Å². The van der Waals surface area contributed by atoms with Crippen molar-refractivity contribution in [2.75, 3.05) is 23.8 Å². The lowest BCUT2D eigenvalue weighted by Crippen LogP contribution is -2.30. The lowest BCUT2D eigenvalue weighted by molar-refractivity contribution is -0.114. The number of ether oxygens (including phenoxy) is 1. The lowest BCUT2D eigenvalue weighted by Gasteiger charge is -2.14. The van der Waals surface area contributed by atoms with E-state index in [9.17, 15) is 9.59 Å². The summed E-state index contributed by atoms with van der Waals surface area (Å²) in [6.07, 6.45) is 0. The highest BCUT2D eigenvalue weighted by Gasteiger charge is 2.09. The first kappa shape index (κ1) is 21.3. The summed E-state index contributed by atoms with van der Waals surface area (Å²) < 4.78 is 5.78. The van der Waals surface area contributed by atoms with Crippen LogP contribution in [-0.2, 0) is 4.79 Å². The Kier molecular flexibility index (Phi) is 7.87. The number of nitrogens with one attached hydrogen (secondary N) is 3. The summed E-state index contributed by atoms with van der Waals surface area (Å²) in [7, 11) is 0. The van der Waals surface area contributed by atoms with E-state index in [0.29, 0.717) is 23.8 Å². The molecule has 0 atom stereocenters. The van der Waals surface area contributed by atoms with E-state index in [0.717, 1.165) is 11.4 Å². The Morgan fingerprint density at radius 3 is 2.29 bits per heavy atom. The summed E-state index contributed by atoms with van der Waals surface area (Å²) >= 11 is 0. The number of rotatable bonds is 9. The number of benzene rings is 2. The van der Waals surface area contributed by atoms with Gasteiger partial charge < -0.3 is 20.7 Å². The van der Waals surface area contributed by atoms with Gasteiger partial charge in [-0.2, -0.15) is 0 Å². The third-order valence-corrected chi connectivity index (χ3v) is 3.75. The SMILES string of the molecule is CC(C)COc1ccccc1NCC(=O)Nc1ccc(C(=O)NC(C)C)cc1. The average molecular weight is 383 g/mol. The summed E-state index contributed by atoms with van der Waals surface area (Å²) in [5.74, 6) is 0.831. The van der Waals surface area contributed by atoms with Crippen LogP contribution in [0.15, 0.2) is 48.5 Å². The standard InChI is InChI=1S/C22H29N3O3/c1-15(2)14-28-20-8-6-5-7-19(20)23-13-21(26)25-18-11-9-17(10-12-18)22(27)24-16(3)4/h5-12,15-16,23H,13-14H2,1-4H3,(H,24,27)(H,25,26). The van der Waals surface area contributed by atoms with Crippen molar-refractivity contribution in [2.45, 2.75) is 33.7 Å². The molecule has 0 spiro atoms. The molecular weight excluding hydrogens is 354 g/mol. The fourth-order valence-electron chi connectivity index (χ4n) is 2.43. The fourth-order valence-corrected chi connectivity index (χ4v) is 2.43. The summed E-state index contributed by atoms with van der Waals surface area (Å²) in [6, 6.07) is 14.4. The van der Waals surface area contributed by atoms with E-state index in [1.165, 1.54) is 0 Å². The molecule has 0 aromatic heterocycles. The van der Waals surface area contributed by atoms with E-state index in [1.54, 1.807) is 24.3 Å². The third-order valence-electron chi connectivity index (χ3n) is 3.75. The number of carbonyl (C=O) groups excluding carboxylic acids is 2. The van der Waals surface area contributed by atoms with Crippen molar-refractivity contribution in [1.82, 2.24) is 5.32 Å². The third kappa shape index (κ3) is 6.95. The number of hydrogen-bond acceptors (Lipinski definition) is 4. The Labute approximate surface area is 166 Å². The van der Waals surface area contributed by atoms with Gasteiger partial charge in [-0.3, -0.25) is 9.59 Å². The van der Waals surface area contributed by atoms with Gasteiger partial charge in [0.05, 0.1) is 18.8 Å². The van der Waals surface area contributed by atoms with E-state index in [4.69, 9.17) is 4.74 Å². The van der Waals surface area contributed by atoms with Gasteiger partial charge in [0.1, 0.15) is 5.75 Å². The minimum absolute atomic E-state index is 0.0744. The lowest BCUT2D eigenvalue weighted by atomic mass is 10.2. The summed E-state index contributed by atoms with van der Waals surface area (Å²) in [5.41, 5.74) is 1.97. The Morgan fingerprint density at radius 1 is 0.964 bits per heavy atom. The van der Waals surface area contributed by atoms with Gasteiger partial charge in [-0.05, 0) is 56.2 Å². The Morgan fingerprint density at radius 2 is 1.64 bits per heavy atom. The second-order valence-electron chi connectivity index (χ2n) is 7.31. The minimum Gasteiger partial charge on any atom is -0.491 e. The highest BCUT2D eigenvalue weighted by Crippen LogP contribution is 2.24. The first-order chi connectivity index (χ1) is 13.3. The molecule has 0 aliphatic heterocycles. The van der Waals surface area contributed by atoms with Crippen LogP contribution in [-0.4, -0.2) is 31.0 Å². The molecule has 0 saturated carbocycles. The summed E-state index contributed by atoms with van der Waals surface area (Å²) in [4.78, 5) is 24.2. The van der Waals surface area contributed by atoms with Crippen LogP contribution in [0.4, 0.5) is 11.4 Å². The Hall–Kier alpha value is -3.02. The van der Waals surface area contributed by atoms with Gasteiger partial charge in [0, 0.05) is 17.3 Å². The molecule has 0 aliphatic rings. The molecule has 0 unspecified atom stereocenters. The molecule has 2 aromatic rings. The predicted octanol–water partition coefficient (Wildman–Crippen LogP) is 3.91. The number of hydrogen-bond donors (Lipinski definition) is 3. The van der Waals surface area contributed by atoms with Crippen molar-refractivity contribution in [2.24, 2.45) is 5.92 Å². The molecule has 0 aliphatic carbocycles. The van der Waals surface area contributed by atoms with Gasteiger partial charge in [0.2, 0.25) is 5.91 Å². The van der Waals surface area contributed by atoms with Crippen molar-refractivity contribution < 1.29 is 14.3 Å². The van der Waals surface area contributed by atoms with Crippen LogP contribution in [0.5, 0.6) is 5.75 Å². The molecule has 2 aromatic carbocycles. The molecule has 6 nitrogen and oxygen atoms in total. The van der Waals surface area contributed by atoms with E-state index in [2.05, 4.69) is 29.8 Å². The maximum atomic E-state index is 12.2. The van der Waals surface area contributed by atoms with E-state index in [1.807, 2.05) is 38.1 Å². The van der Waals surface area contributed by atoms with Crippen molar-refractivity contribution in [3.63, 3.8) is 0 Å². The van der Waals surface area contributed by atoms with Crippen molar-refractivity contribution in [1.29, 1.82) is 0 Å². The highest BCUT2D eigenvalue weighted by molar-refractivity contribution is 5.96. The number of carbonyl (C=O) groups is 2. The zero-order chi connectivity index (χ0) is 20.5.